The van der Waals surface area contributed by atoms with Gasteiger partial charge in [-0.25, -0.2) is 0 Å². The molecule has 0 amide bonds. The Kier molecular flexibility index (Phi) is 3.37. The van der Waals surface area contributed by atoms with Crippen molar-refractivity contribution in [2.24, 2.45) is 0 Å². The maximum atomic E-state index is 11.8. The summed E-state index contributed by atoms with van der Waals surface area (Å²) in [6.45, 7) is 5.84. The number of carbonyl (C=O) groups is 1. The number of ether oxygens (including phenoxy) is 1. The first kappa shape index (κ1) is 12.6. The highest BCUT2D eigenvalue weighted by atomic mass is 16.5. The van der Waals surface area contributed by atoms with Crippen LogP contribution in [-0.2, 0) is 0 Å². The fourth-order valence-electron chi connectivity index (χ4n) is 2.26. The van der Waals surface area contributed by atoms with Crippen LogP contribution in [-0.4, -0.2) is 12.9 Å². The molecule has 0 radical (unpaired) electrons. The molecule has 0 unspecified atom stereocenters. The molecule has 0 atom stereocenters. The number of ketones is 1. The Morgan fingerprint density at radius 2 is 2.00 bits per heavy atom. The lowest BCUT2D eigenvalue weighted by Gasteiger charge is -2.10. The van der Waals surface area contributed by atoms with E-state index in [0.717, 1.165) is 23.3 Å². The van der Waals surface area contributed by atoms with Gasteiger partial charge in [0.1, 0.15) is 5.75 Å². The van der Waals surface area contributed by atoms with Gasteiger partial charge in [0, 0.05) is 5.56 Å². The number of carbonyl (C=O) groups excluding carboxylic acids is 1. The normalized spacial score (nSPS) is 14.8. The minimum Gasteiger partial charge on any atom is -0.497 e. The van der Waals surface area contributed by atoms with E-state index in [9.17, 15) is 4.79 Å². The summed E-state index contributed by atoms with van der Waals surface area (Å²) < 4.78 is 5.18. The third kappa shape index (κ3) is 2.23. The largest absolute Gasteiger partial charge is 0.497 e. The zero-order valence-corrected chi connectivity index (χ0v) is 11.3. The molecular formula is C16H18O2. The molecule has 0 N–H and O–H groups in total. The fourth-order valence-corrected chi connectivity index (χ4v) is 2.26. The highest BCUT2D eigenvalue weighted by molar-refractivity contribution is 6.00. The van der Waals surface area contributed by atoms with Gasteiger partial charge in [0.15, 0.2) is 5.78 Å². The molecule has 0 bridgehead atoms. The summed E-state index contributed by atoms with van der Waals surface area (Å²) in [6, 6.07) is 5.71. The van der Waals surface area contributed by atoms with E-state index in [2.05, 4.69) is 19.9 Å². The molecule has 0 saturated heterocycles. The average molecular weight is 242 g/mol. The predicted octanol–water partition coefficient (Wildman–Crippen LogP) is 4.02. The number of hydrogen-bond donors (Lipinski definition) is 0. The molecule has 94 valence electrons. The second-order valence-electron chi connectivity index (χ2n) is 4.78. The maximum absolute atomic E-state index is 11.8. The first-order valence-electron chi connectivity index (χ1n) is 6.09. The molecule has 1 aliphatic rings. The van der Waals surface area contributed by atoms with Crippen LogP contribution < -0.4 is 4.74 Å². The van der Waals surface area contributed by atoms with E-state index in [0.29, 0.717) is 0 Å². The van der Waals surface area contributed by atoms with E-state index in [-0.39, 0.29) is 5.78 Å². The van der Waals surface area contributed by atoms with Gasteiger partial charge in [-0.3, -0.25) is 4.79 Å². The minimum absolute atomic E-state index is 0.0759. The first-order valence-corrected chi connectivity index (χ1v) is 6.09. The smallest absolute Gasteiger partial charge is 0.160 e. The quantitative estimate of drug-likeness (QED) is 0.748. The van der Waals surface area contributed by atoms with Gasteiger partial charge in [-0.1, -0.05) is 23.3 Å². The molecule has 0 spiro atoms. The molecule has 0 saturated carbocycles. The zero-order valence-electron chi connectivity index (χ0n) is 11.3. The molecule has 2 heteroatoms. The van der Waals surface area contributed by atoms with Crippen molar-refractivity contribution in [3.63, 3.8) is 0 Å². The topological polar surface area (TPSA) is 26.3 Å². The summed E-state index contributed by atoms with van der Waals surface area (Å²) in [5, 5.41) is 0. The first-order chi connectivity index (χ1) is 8.52. The van der Waals surface area contributed by atoms with Crippen molar-refractivity contribution in [2.45, 2.75) is 27.2 Å². The number of methoxy groups -OCH3 is 1. The van der Waals surface area contributed by atoms with Crippen molar-refractivity contribution >= 4 is 11.4 Å². The molecule has 18 heavy (non-hydrogen) atoms. The number of allylic oxidation sites excluding steroid dienone is 4. The van der Waals surface area contributed by atoms with E-state index >= 15 is 0 Å². The average Bonchev–Trinajstić information content (AvgIpc) is 2.68. The SMILES string of the molecule is COc1ccc(C2=CC(C)=C(C)C2)c(C(C)=O)c1. The van der Waals surface area contributed by atoms with Gasteiger partial charge in [0.05, 0.1) is 7.11 Å². The number of benzene rings is 1. The maximum Gasteiger partial charge on any atom is 0.160 e. The Morgan fingerprint density at radius 3 is 2.50 bits per heavy atom. The van der Waals surface area contributed by atoms with Crippen molar-refractivity contribution < 1.29 is 9.53 Å². The van der Waals surface area contributed by atoms with Crippen LogP contribution >= 0.6 is 0 Å². The van der Waals surface area contributed by atoms with Gasteiger partial charge in [0.25, 0.3) is 0 Å². The van der Waals surface area contributed by atoms with Crippen LogP contribution in [0.2, 0.25) is 0 Å². The van der Waals surface area contributed by atoms with E-state index in [4.69, 9.17) is 4.74 Å². The summed E-state index contributed by atoms with van der Waals surface area (Å²) in [4.78, 5) is 11.8. The lowest BCUT2D eigenvalue weighted by atomic mass is 9.95. The van der Waals surface area contributed by atoms with Gasteiger partial charge in [-0.2, -0.15) is 0 Å². The highest BCUT2D eigenvalue weighted by Gasteiger charge is 2.17. The van der Waals surface area contributed by atoms with Crippen molar-refractivity contribution in [3.8, 4) is 5.75 Å². The molecule has 0 aliphatic heterocycles. The third-order valence-corrected chi connectivity index (χ3v) is 3.47. The summed E-state index contributed by atoms with van der Waals surface area (Å²) >= 11 is 0. The third-order valence-electron chi connectivity index (χ3n) is 3.47. The van der Waals surface area contributed by atoms with Crippen molar-refractivity contribution in [2.75, 3.05) is 7.11 Å². The molecule has 0 aromatic heterocycles. The van der Waals surface area contributed by atoms with Gasteiger partial charge < -0.3 is 4.74 Å². The molecular weight excluding hydrogens is 224 g/mol. The van der Waals surface area contributed by atoms with Gasteiger partial charge >= 0.3 is 0 Å². The van der Waals surface area contributed by atoms with Gasteiger partial charge in [-0.15, -0.1) is 0 Å². The van der Waals surface area contributed by atoms with E-state index in [1.807, 2.05) is 18.2 Å². The summed E-state index contributed by atoms with van der Waals surface area (Å²) in [5.41, 5.74) is 5.66. The lowest BCUT2D eigenvalue weighted by molar-refractivity contribution is 0.101. The second-order valence-corrected chi connectivity index (χ2v) is 4.78. The summed E-state index contributed by atoms with van der Waals surface area (Å²) in [7, 11) is 1.61. The Morgan fingerprint density at radius 1 is 1.28 bits per heavy atom. The molecule has 1 aromatic carbocycles. The van der Waals surface area contributed by atoms with Crippen LogP contribution in [0.5, 0.6) is 5.75 Å². The summed E-state index contributed by atoms with van der Waals surface area (Å²) in [5.74, 6) is 0.802. The number of rotatable bonds is 3. The predicted molar refractivity (Wildman–Crippen MR) is 74.0 cm³/mol. The van der Waals surface area contributed by atoms with Crippen LogP contribution in [0, 0.1) is 0 Å². The van der Waals surface area contributed by atoms with Crippen LogP contribution in [0.25, 0.3) is 5.57 Å². The Hall–Kier alpha value is -1.83. The van der Waals surface area contributed by atoms with Crippen LogP contribution in [0.15, 0.2) is 35.4 Å². The van der Waals surface area contributed by atoms with E-state index < -0.39 is 0 Å². The minimum atomic E-state index is 0.0759. The lowest BCUT2D eigenvalue weighted by Crippen LogP contribution is -2.00. The zero-order chi connectivity index (χ0) is 13.3. The van der Waals surface area contributed by atoms with Crippen LogP contribution in [0.4, 0.5) is 0 Å². The monoisotopic (exact) mass is 242 g/mol. The Labute approximate surface area is 108 Å². The second kappa shape index (κ2) is 4.81. The standard InChI is InChI=1S/C16H18O2/c1-10-7-13(8-11(10)2)15-6-5-14(18-4)9-16(15)12(3)17/h5-7,9H,8H2,1-4H3. The fraction of sp³-hybridized carbons (Fsp3) is 0.312. The Bertz CT molecular complexity index is 562. The molecule has 1 aromatic rings. The van der Waals surface area contributed by atoms with Crippen molar-refractivity contribution in [1.82, 2.24) is 0 Å². The summed E-state index contributed by atoms with van der Waals surface area (Å²) in [6.07, 6.45) is 3.10. The number of Topliss-reactive ketones (excluding diaryl/α,β-unsaturated/α-hetero) is 1. The van der Waals surface area contributed by atoms with Gasteiger partial charge in [-0.05, 0) is 50.5 Å². The van der Waals surface area contributed by atoms with E-state index in [1.165, 1.54) is 16.7 Å². The molecule has 2 rings (SSSR count). The molecule has 2 nitrogen and oxygen atoms in total. The highest BCUT2D eigenvalue weighted by Crippen LogP contribution is 2.34. The Balaban J connectivity index is 2.47. The molecule has 0 heterocycles. The molecule has 1 aliphatic carbocycles. The van der Waals surface area contributed by atoms with Gasteiger partial charge in [0.2, 0.25) is 0 Å². The number of hydrogen-bond acceptors (Lipinski definition) is 2. The van der Waals surface area contributed by atoms with Crippen molar-refractivity contribution in [1.29, 1.82) is 0 Å². The van der Waals surface area contributed by atoms with Crippen LogP contribution in [0.3, 0.4) is 0 Å². The molecule has 0 fully saturated rings. The van der Waals surface area contributed by atoms with Crippen LogP contribution in [0.1, 0.15) is 43.1 Å². The van der Waals surface area contributed by atoms with Crippen molar-refractivity contribution in [3.05, 3.63) is 46.5 Å². The van der Waals surface area contributed by atoms with E-state index in [1.54, 1.807) is 14.0 Å².